The SMILES string of the molecule is COc1ccc(-c2nc(SCC(=O)NC(c3ccccc3)C3CC3)n[nH]2)c(OC)c1. The number of benzene rings is 2. The molecule has 3 aromatic rings. The van der Waals surface area contributed by atoms with Crippen LogP contribution in [0.3, 0.4) is 0 Å². The van der Waals surface area contributed by atoms with Crippen LogP contribution in [-0.2, 0) is 4.79 Å². The van der Waals surface area contributed by atoms with Gasteiger partial charge in [0, 0.05) is 6.07 Å². The van der Waals surface area contributed by atoms with Crippen LogP contribution in [0.1, 0.15) is 24.4 Å². The number of carbonyl (C=O) groups is 1. The molecule has 2 aromatic carbocycles. The van der Waals surface area contributed by atoms with Crippen LogP contribution in [-0.4, -0.2) is 41.1 Å². The molecular formula is C22H24N4O3S. The van der Waals surface area contributed by atoms with Crippen molar-refractivity contribution in [3.05, 3.63) is 54.1 Å². The summed E-state index contributed by atoms with van der Waals surface area (Å²) in [5.74, 6) is 2.68. The number of nitrogens with one attached hydrogen (secondary N) is 2. The zero-order valence-corrected chi connectivity index (χ0v) is 17.7. The number of carbonyl (C=O) groups excluding carboxylic acids is 1. The van der Waals surface area contributed by atoms with Gasteiger partial charge < -0.3 is 14.8 Å². The first-order chi connectivity index (χ1) is 14.7. The minimum absolute atomic E-state index is 0.0193. The normalized spacial score (nSPS) is 14.2. The van der Waals surface area contributed by atoms with E-state index in [0.717, 1.165) is 24.0 Å². The molecular weight excluding hydrogens is 400 g/mol. The quantitative estimate of drug-likeness (QED) is 0.507. The monoisotopic (exact) mass is 424 g/mol. The summed E-state index contributed by atoms with van der Waals surface area (Å²) < 4.78 is 10.7. The van der Waals surface area contributed by atoms with E-state index in [1.54, 1.807) is 20.3 Å². The molecule has 1 aliphatic rings. The maximum atomic E-state index is 12.5. The van der Waals surface area contributed by atoms with Gasteiger partial charge in [-0.1, -0.05) is 42.1 Å². The van der Waals surface area contributed by atoms with E-state index in [1.165, 1.54) is 11.8 Å². The van der Waals surface area contributed by atoms with Crippen LogP contribution in [0.2, 0.25) is 0 Å². The van der Waals surface area contributed by atoms with E-state index in [2.05, 4.69) is 32.6 Å². The van der Waals surface area contributed by atoms with E-state index in [-0.39, 0.29) is 17.7 Å². The van der Waals surface area contributed by atoms with Crippen molar-refractivity contribution in [3.8, 4) is 22.9 Å². The lowest BCUT2D eigenvalue weighted by atomic mass is 10.0. The van der Waals surface area contributed by atoms with Gasteiger partial charge in [-0.25, -0.2) is 4.98 Å². The van der Waals surface area contributed by atoms with Crippen LogP contribution in [0, 0.1) is 5.92 Å². The summed E-state index contributed by atoms with van der Waals surface area (Å²) >= 11 is 1.30. The van der Waals surface area contributed by atoms with Crippen molar-refractivity contribution in [2.75, 3.05) is 20.0 Å². The third-order valence-electron chi connectivity index (χ3n) is 5.03. The van der Waals surface area contributed by atoms with Crippen molar-refractivity contribution in [2.45, 2.75) is 24.0 Å². The van der Waals surface area contributed by atoms with E-state index in [9.17, 15) is 4.79 Å². The fourth-order valence-electron chi connectivity index (χ4n) is 3.33. The summed E-state index contributed by atoms with van der Waals surface area (Å²) in [4.78, 5) is 17.0. The van der Waals surface area contributed by atoms with Crippen LogP contribution in [0.15, 0.2) is 53.7 Å². The number of ether oxygens (including phenoxy) is 2. The second-order valence-electron chi connectivity index (χ2n) is 7.11. The van der Waals surface area contributed by atoms with Gasteiger partial charge in [0.2, 0.25) is 11.1 Å². The van der Waals surface area contributed by atoms with Gasteiger partial charge >= 0.3 is 0 Å². The standard InChI is InChI=1S/C22H24N4O3S/c1-28-16-10-11-17(18(12-16)29-2)21-24-22(26-25-21)30-13-19(27)23-20(15-8-9-15)14-6-4-3-5-7-14/h3-7,10-12,15,20H,8-9,13H2,1-2H3,(H,23,27)(H,24,25,26). The van der Waals surface area contributed by atoms with Crippen LogP contribution >= 0.6 is 11.8 Å². The summed E-state index contributed by atoms with van der Waals surface area (Å²) in [6.45, 7) is 0. The molecule has 1 amide bonds. The van der Waals surface area contributed by atoms with Crippen molar-refractivity contribution in [1.82, 2.24) is 20.5 Å². The molecule has 1 atom stereocenters. The Morgan fingerprint density at radius 2 is 2.00 bits per heavy atom. The van der Waals surface area contributed by atoms with Gasteiger partial charge in [-0.2, -0.15) is 0 Å². The maximum absolute atomic E-state index is 12.5. The second kappa shape index (κ2) is 9.21. The third-order valence-corrected chi connectivity index (χ3v) is 5.88. The molecule has 1 unspecified atom stereocenters. The van der Waals surface area contributed by atoms with Gasteiger partial charge in [-0.15, -0.1) is 5.10 Å². The molecule has 8 heteroatoms. The summed E-state index contributed by atoms with van der Waals surface area (Å²) in [6, 6.07) is 15.7. The van der Waals surface area contributed by atoms with E-state index in [0.29, 0.717) is 28.4 Å². The van der Waals surface area contributed by atoms with Crippen molar-refractivity contribution in [2.24, 2.45) is 5.92 Å². The molecule has 30 heavy (non-hydrogen) atoms. The average Bonchev–Trinajstić information content (AvgIpc) is 3.53. The highest BCUT2D eigenvalue weighted by atomic mass is 32.2. The molecule has 0 bridgehead atoms. The number of aromatic nitrogens is 3. The Kier molecular flexibility index (Phi) is 6.23. The summed E-state index contributed by atoms with van der Waals surface area (Å²) in [7, 11) is 3.20. The van der Waals surface area contributed by atoms with Gasteiger partial charge in [-0.05, 0) is 36.5 Å². The van der Waals surface area contributed by atoms with Crippen molar-refractivity contribution in [1.29, 1.82) is 0 Å². The summed E-state index contributed by atoms with van der Waals surface area (Å²) in [5, 5.41) is 10.8. The minimum atomic E-state index is -0.0193. The van der Waals surface area contributed by atoms with Crippen molar-refractivity contribution < 1.29 is 14.3 Å². The highest BCUT2D eigenvalue weighted by Crippen LogP contribution is 2.41. The molecule has 1 aromatic heterocycles. The maximum Gasteiger partial charge on any atom is 0.230 e. The molecule has 0 spiro atoms. The predicted octanol–water partition coefficient (Wildman–Crippen LogP) is 3.85. The smallest absolute Gasteiger partial charge is 0.230 e. The Hall–Kier alpha value is -3.00. The Morgan fingerprint density at radius 3 is 2.70 bits per heavy atom. The number of methoxy groups -OCH3 is 2. The lowest BCUT2D eigenvalue weighted by molar-refractivity contribution is -0.119. The predicted molar refractivity (Wildman–Crippen MR) is 116 cm³/mol. The Morgan fingerprint density at radius 1 is 1.20 bits per heavy atom. The number of aromatic amines is 1. The third kappa shape index (κ3) is 4.76. The van der Waals surface area contributed by atoms with Crippen molar-refractivity contribution in [3.63, 3.8) is 0 Å². The van der Waals surface area contributed by atoms with Crippen LogP contribution in [0.4, 0.5) is 0 Å². The summed E-state index contributed by atoms with van der Waals surface area (Å²) in [5.41, 5.74) is 1.94. The van der Waals surface area contributed by atoms with Gasteiger partial charge in [0.25, 0.3) is 0 Å². The molecule has 4 rings (SSSR count). The Labute approximate surface area is 179 Å². The molecule has 0 aliphatic heterocycles. The van der Waals surface area contributed by atoms with Crippen LogP contribution < -0.4 is 14.8 Å². The van der Waals surface area contributed by atoms with Gasteiger partial charge in [0.1, 0.15) is 11.5 Å². The zero-order chi connectivity index (χ0) is 20.9. The number of thioether (sulfide) groups is 1. The average molecular weight is 425 g/mol. The number of rotatable bonds is 9. The van der Waals surface area contributed by atoms with E-state index >= 15 is 0 Å². The van der Waals surface area contributed by atoms with Gasteiger partial charge in [0.05, 0.1) is 31.6 Å². The second-order valence-corrected chi connectivity index (χ2v) is 8.06. The fourth-order valence-corrected chi connectivity index (χ4v) is 3.94. The number of hydrogen-bond donors (Lipinski definition) is 2. The molecule has 1 fully saturated rings. The summed E-state index contributed by atoms with van der Waals surface area (Å²) in [6.07, 6.45) is 2.31. The van der Waals surface area contributed by atoms with E-state index < -0.39 is 0 Å². The largest absolute Gasteiger partial charge is 0.497 e. The fraction of sp³-hybridized carbons (Fsp3) is 0.318. The number of amides is 1. The minimum Gasteiger partial charge on any atom is -0.497 e. The number of nitrogens with zero attached hydrogens (tertiary/aromatic N) is 2. The molecule has 0 saturated heterocycles. The molecule has 1 heterocycles. The highest BCUT2D eigenvalue weighted by molar-refractivity contribution is 7.99. The first-order valence-electron chi connectivity index (χ1n) is 9.80. The topological polar surface area (TPSA) is 89.1 Å². The molecule has 0 radical (unpaired) electrons. The zero-order valence-electron chi connectivity index (χ0n) is 16.9. The van der Waals surface area contributed by atoms with E-state index in [1.807, 2.05) is 30.3 Å². The number of H-pyrrole nitrogens is 1. The van der Waals surface area contributed by atoms with Gasteiger partial charge in [-0.3, -0.25) is 9.89 Å². The van der Waals surface area contributed by atoms with Crippen LogP contribution in [0.5, 0.6) is 11.5 Å². The van der Waals surface area contributed by atoms with E-state index in [4.69, 9.17) is 9.47 Å². The van der Waals surface area contributed by atoms with Crippen LogP contribution in [0.25, 0.3) is 11.4 Å². The first kappa shape index (κ1) is 20.3. The lowest BCUT2D eigenvalue weighted by Crippen LogP contribution is -2.31. The molecule has 1 saturated carbocycles. The Balaban J connectivity index is 1.38. The molecule has 156 valence electrons. The molecule has 1 aliphatic carbocycles. The molecule has 7 nitrogen and oxygen atoms in total. The number of hydrogen-bond acceptors (Lipinski definition) is 6. The van der Waals surface area contributed by atoms with Crippen molar-refractivity contribution >= 4 is 17.7 Å². The first-order valence-corrected chi connectivity index (χ1v) is 10.8. The molecule has 2 N–H and O–H groups in total. The van der Waals surface area contributed by atoms with Gasteiger partial charge in [0.15, 0.2) is 5.82 Å². The Bertz CT molecular complexity index is 1000. The lowest BCUT2D eigenvalue weighted by Gasteiger charge is -2.18. The highest BCUT2D eigenvalue weighted by Gasteiger charge is 2.33.